The highest BCUT2D eigenvalue weighted by atomic mass is 35.5. The van der Waals surface area contributed by atoms with Crippen LogP contribution in [0.15, 0.2) is 77.7 Å². The highest BCUT2D eigenvalue weighted by Crippen LogP contribution is 2.32. The number of aryl methyl sites for hydroxylation is 1. The molecule has 3 rings (SSSR count). The SMILES string of the molecule is COc1ccc(N(CC(=O)N(Cc2ccc(C)cc2)[C@@H](C)C(=O)NC(C)C)S(=O)(=O)c2ccccc2)cc1Cl. The maximum absolute atomic E-state index is 13.9. The molecule has 0 spiro atoms. The molecular formula is C29H34ClN3O5S. The Hall–Kier alpha value is -3.56. The van der Waals surface area contributed by atoms with E-state index in [0.717, 1.165) is 15.4 Å². The second-order valence-electron chi connectivity index (χ2n) is 9.49. The van der Waals surface area contributed by atoms with Crippen LogP contribution in [0.5, 0.6) is 5.75 Å². The number of anilines is 1. The van der Waals surface area contributed by atoms with E-state index < -0.39 is 28.5 Å². The van der Waals surface area contributed by atoms with Crippen molar-refractivity contribution in [1.82, 2.24) is 10.2 Å². The third-order valence-electron chi connectivity index (χ3n) is 6.11. The number of benzene rings is 3. The monoisotopic (exact) mass is 571 g/mol. The molecule has 0 aliphatic heterocycles. The molecule has 3 aromatic carbocycles. The fourth-order valence-corrected chi connectivity index (χ4v) is 5.62. The number of methoxy groups -OCH3 is 1. The van der Waals surface area contributed by atoms with Gasteiger partial charge >= 0.3 is 0 Å². The summed E-state index contributed by atoms with van der Waals surface area (Å²) in [4.78, 5) is 28.3. The summed E-state index contributed by atoms with van der Waals surface area (Å²) in [6.45, 7) is 6.82. The zero-order valence-electron chi connectivity index (χ0n) is 22.7. The van der Waals surface area contributed by atoms with Gasteiger partial charge in [0.1, 0.15) is 18.3 Å². The molecule has 0 aliphatic rings. The van der Waals surface area contributed by atoms with Gasteiger partial charge < -0.3 is 15.0 Å². The van der Waals surface area contributed by atoms with Crippen LogP contribution >= 0.6 is 11.6 Å². The number of ether oxygens (including phenoxy) is 1. The number of carbonyl (C=O) groups is 2. The molecule has 10 heteroatoms. The summed E-state index contributed by atoms with van der Waals surface area (Å²) in [6.07, 6.45) is 0. The van der Waals surface area contributed by atoms with Gasteiger partial charge in [-0.1, -0.05) is 59.6 Å². The van der Waals surface area contributed by atoms with Gasteiger partial charge in [0.15, 0.2) is 0 Å². The number of amides is 2. The molecule has 1 atom stereocenters. The molecular weight excluding hydrogens is 538 g/mol. The van der Waals surface area contributed by atoms with E-state index >= 15 is 0 Å². The minimum atomic E-state index is -4.18. The van der Waals surface area contributed by atoms with E-state index in [4.69, 9.17) is 16.3 Å². The molecule has 0 bridgehead atoms. The minimum absolute atomic E-state index is 0.0143. The highest BCUT2D eigenvalue weighted by Gasteiger charge is 2.33. The Labute approximate surface area is 235 Å². The number of hydrogen-bond donors (Lipinski definition) is 1. The van der Waals surface area contributed by atoms with E-state index in [1.165, 1.54) is 36.3 Å². The Balaban J connectivity index is 2.05. The van der Waals surface area contributed by atoms with Crippen LogP contribution in [0.2, 0.25) is 5.02 Å². The number of halogens is 1. The normalized spacial score (nSPS) is 12.1. The largest absolute Gasteiger partial charge is 0.495 e. The number of rotatable bonds is 11. The van der Waals surface area contributed by atoms with Crippen molar-refractivity contribution >= 4 is 39.1 Å². The summed E-state index contributed by atoms with van der Waals surface area (Å²) in [6, 6.07) is 18.9. The zero-order chi connectivity index (χ0) is 28.7. The average molecular weight is 572 g/mol. The van der Waals surface area contributed by atoms with Gasteiger partial charge in [-0.15, -0.1) is 0 Å². The summed E-state index contributed by atoms with van der Waals surface area (Å²) in [7, 11) is -2.72. The molecule has 39 heavy (non-hydrogen) atoms. The third-order valence-corrected chi connectivity index (χ3v) is 8.19. The summed E-state index contributed by atoms with van der Waals surface area (Å²) < 4.78 is 33.8. The lowest BCUT2D eigenvalue weighted by Gasteiger charge is -2.32. The topological polar surface area (TPSA) is 96.0 Å². The van der Waals surface area contributed by atoms with E-state index in [1.54, 1.807) is 31.2 Å². The number of nitrogens with zero attached hydrogens (tertiary/aromatic N) is 2. The van der Waals surface area contributed by atoms with Gasteiger partial charge in [0.25, 0.3) is 10.0 Å². The van der Waals surface area contributed by atoms with Gasteiger partial charge in [-0.3, -0.25) is 13.9 Å². The number of hydrogen-bond acceptors (Lipinski definition) is 5. The van der Waals surface area contributed by atoms with E-state index in [-0.39, 0.29) is 34.1 Å². The molecule has 2 amide bonds. The average Bonchev–Trinajstić information content (AvgIpc) is 2.90. The van der Waals surface area contributed by atoms with Crippen LogP contribution in [-0.4, -0.2) is 50.9 Å². The highest BCUT2D eigenvalue weighted by molar-refractivity contribution is 7.92. The third kappa shape index (κ3) is 7.52. The van der Waals surface area contributed by atoms with Gasteiger partial charge in [0.05, 0.1) is 22.7 Å². The van der Waals surface area contributed by atoms with Crippen molar-refractivity contribution in [3.63, 3.8) is 0 Å². The fraction of sp³-hybridized carbons (Fsp3) is 0.310. The molecule has 0 saturated heterocycles. The summed E-state index contributed by atoms with van der Waals surface area (Å²) in [5.74, 6) is -0.521. The molecule has 0 aromatic heterocycles. The Morgan fingerprint density at radius 3 is 2.18 bits per heavy atom. The van der Waals surface area contributed by atoms with E-state index in [1.807, 2.05) is 45.0 Å². The molecule has 0 heterocycles. The maximum atomic E-state index is 13.9. The number of sulfonamides is 1. The van der Waals surface area contributed by atoms with E-state index in [0.29, 0.717) is 5.75 Å². The molecule has 3 aromatic rings. The van der Waals surface area contributed by atoms with Crippen LogP contribution in [0.3, 0.4) is 0 Å². The van der Waals surface area contributed by atoms with Crippen molar-refractivity contribution in [1.29, 1.82) is 0 Å². The van der Waals surface area contributed by atoms with Crippen LogP contribution in [0, 0.1) is 6.92 Å². The van der Waals surface area contributed by atoms with Gasteiger partial charge in [-0.2, -0.15) is 0 Å². The van der Waals surface area contributed by atoms with Gasteiger partial charge in [-0.25, -0.2) is 8.42 Å². The van der Waals surface area contributed by atoms with Crippen LogP contribution in [0.4, 0.5) is 5.69 Å². The summed E-state index contributed by atoms with van der Waals surface area (Å²) >= 11 is 6.33. The molecule has 0 unspecified atom stereocenters. The predicted molar refractivity (Wildman–Crippen MR) is 153 cm³/mol. The first-order valence-corrected chi connectivity index (χ1v) is 14.3. The lowest BCUT2D eigenvalue weighted by molar-refractivity contribution is -0.139. The zero-order valence-corrected chi connectivity index (χ0v) is 24.3. The van der Waals surface area contributed by atoms with E-state index in [2.05, 4.69) is 5.32 Å². The molecule has 208 valence electrons. The molecule has 0 radical (unpaired) electrons. The second kappa shape index (κ2) is 13.0. The molecule has 0 saturated carbocycles. The summed E-state index contributed by atoms with van der Waals surface area (Å²) in [5.41, 5.74) is 2.05. The van der Waals surface area contributed by atoms with E-state index in [9.17, 15) is 18.0 Å². The van der Waals surface area contributed by atoms with Crippen LogP contribution in [-0.2, 0) is 26.2 Å². The second-order valence-corrected chi connectivity index (χ2v) is 11.8. The Morgan fingerprint density at radius 1 is 0.974 bits per heavy atom. The lowest BCUT2D eigenvalue weighted by atomic mass is 10.1. The first kappa shape index (κ1) is 30.0. The first-order chi connectivity index (χ1) is 18.4. The Kier molecular flexibility index (Phi) is 9.99. The minimum Gasteiger partial charge on any atom is -0.495 e. The quantitative estimate of drug-likeness (QED) is 0.357. The van der Waals surface area contributed by atoms with Crippen molar-refractivity contribution in [3.8, 4) is 5.75 Å². The number of nitrogens with one attached hydrogen (secondary N) is 1. The van der Waals surface area contributed by atoms with Gasteiger partial charge in [-0.05, 0) is 63.6 Å². The Morgan fingerprint density at radius 2 is 1.62 bits per heavy atom. The van der Waals surface area contributed by atoms with Crippen LogP contribution < -0.4 is 14.4 Å². The maximum Gasteiger partial charge on any atom is 0.264 e. The van der Waals surface area contributed by atoms with Gasteiger partial charge in [0, 0.05) is 12.6 Å². The number of carbonyl (C=O) groups excluding carboxylic acids is 2. The predicted octanol–water partition coefficient (Wildman–Crippen LogP) is 4.79. The van der Waals surface area contributed by atoms with Crippen LogP contribution in [0.1, 0.15) is 31.9 Å². The van der Waals surface area contributed by atoms with Crippen molar-refractivity contribution in [2.45, 2.75) is 51.2 Å². The van der Waals surface area contributed by atoms with Crippen molar-refractivity contribution in [2.75, 3.05) is 18.0 Å². The molecule has 0 fully saturated rings. The van der Waals surface area contributed by atoms with Crippen molar-refractivity contribution in [3.05, 3.63) is 88.9 Å². The molecule has 0 aliphatic carbocycles. The summed E-state index contributed by atoms with van der Waals surface area (Å²) in [5, 5.41) is 3.03. The first-order valence-electron chi connectivity index (χ1n) is 12.5. The molecule has 1 N–H and O–H groups in total. The molecule has 8 nitrogen and oxygen atoms in total. The Bertz CT molecular complexity index is 1400. The smallest absolute Gasteiger partial charge is 0.264 e. The van der Waals surface area contributed by atoms with Crippen molar-refractivity contribution in [2.24, 2.45) is 0 Å². The fourth-order valence-electron chi connectivity index (χ4n) is 3.94. The van der Waals surface area contributed by atoms with Gasteiger partial charge in [0.2, 0.25) is 11.8 Å². The standard InChI is InChI=1S/C29H34ClN3O5S/c1-20(2)31-29(35)22(4)32(18-23-13-11-21(3)12-14-23)28(34)19-33(24-15-16-27(38-5)26(30)17-24)39(36,37)25-9-7-6-8-10-25/h6-17,20,22H,18-19H2,1-5H3,(H,31,35)/t22-/m0/s1. The lowest BCUT2D eigenvalue weighted by Crippen LogP contribution is -2.52. The van der Waals surface area contributed by atoms with Crippen molar-refractivity contribution < 1.29 is 22.7 Å². The van der Waals surface area contributed by atoms with Crippen LogP contribution in [0.25, 0.3) is 0 Å².